The molecule has 2 rings (SSSR count). The van der Waals surface area contributed by atoms with E-state index >= 15 is 0 Å². The molecule has 0 aromatic heterocycles. The second-order valence-corrected chi connectivity index (χ2v) is 6.69. The number of hydrogen-bond donors (Lipinski definition) is 1. The topological polar surface area (TPSA) is 32.5 Å². The Morgan fingerprint density at radius 2 is 2.00 bits per heavy atom. The summed E-state index contributed by atoms with van der Waals surface area (Å²) in [6.07, 6.45) is 2.56. The molecule has 1 aromatic rings. The van der Waals surface area contributed by atoms with Gasteiger partial charge in [0.05, 0.1) is 0 Å². The van der Waals surface area contributed by atoms with Crippen molar-refractivity contribution in [2.24, 2.45) is 5.73 Å². The molecule has 5 heteroatoms. The average Bonchev–Trinajstić information content (AvgIpc) is 2.85. The quantitative estimate of drug-likeness (QED) is 0.868. The monoisotopic (exact) mass is 329 g/mol. The summed E-state index contributed by atoms with van der Waals surface area (Å²) in [5.74, 6) is 0. The minimum Gasteiger partial charge on any atom is -0.329 e. The summed E-state index contributed by atoms with van der Waals surface area (Å²) >= 11 is 12.2. The van der Waals surface area contributed by atoms with Crippen molar-refractivity contribution in [1.82, 2.24) is 9.80 Å². The van der Waals surface area contributed by atoms with E-state index in [4.69, 9.17) is 28.9 Å². The molecule has 0 radical (unpaired) electrons. The van der Waals surface area contributed by atoms with Crippen molar-refractivity contribution >= 4 is 23.2 Å². The van der Waals surface area contributed by atoms with Gasteiger partial charge in [-0.1, -0.05) is 30.1 Å². The summed E-state index contributed by atoms with van der Waals surface area (Å²) in [6, 6.07) is 6.47. The number of benzene rings is 1. The third-order valence-corrected chi connectivity index (χ3v) is 4.87. The minimum atomic E-state index is 0.153. The lowest BCUT2D eigenvalue weighted by atomic mass is 10.0. The molecular formula is C16H25Cl2N3. The smallest absolute Gasteiger partial charge is 0.0469 e. The van der Waals surface area contributed by atoms with Crippen LogP contribution < -0.4 is 5.73 Å². The van der Waals surface area contributed by atoms with E-state index in [0.717, 1.165) is 18.7 Å². The summed E-state index contributed by atoms with van der Waals surface area (Å²) in [7, 11) is 2.14. The van der Waals surface area contributed by atoms with Crippen molar-refractivity contribution in [2.45, 2.75) is 31.8 Å². The number of nitrogens with two attached hydrogens (primary N) is 1. The lowest BCUT2D eigenvalue weighted by molar-refractivity contribution is 0.166. The van der Waals surface area contributed by atoms with Gasteiger partial charge in [0.15, 0.2) is 0 Å². The lowest BCUT2D eigenvalue weighted by Gasteiger charge is -2.33. The van der Waals surface area contributed by atoms with Gasteiger partial charge in [0, 0.05) is 35.2 Å². The van der Waals surface area contributed by atoms with Crippen molar-refractivity contribution in [2.75, 3.05) is 33.2 Å². The molecule has 21 heavy (non-hydrogen) atoms. The lowest BCUT2D eigenvalue weighted by Crippen LogP contribution is -2.41. The van der Waals surface area contributed by atoms with Gasteiger partial charge in [-0.2, -0.15) is 0 Å². The van der Waals surface area contributed by atoms with Gasteiger partial charge in [-0.05, 0) is 56.7 Å². The van der Waals surface area contributed by atoms with Crippen LogP contribution in [-0.4, -0.2) is 49.1 Å². The summed E-state index contributed by atoms with van der Waals surface area (Å²) in [6.45, 7) is 6.15. The van der Waals surface area contributed by atoms with E-state index in [1.807, 2.05) is 12.1 Å². The molecular weight excluding hydrogens is 305 g/mol. The zero-order chi connectivity index (χ0) is 15.4. The molecule has 118 valence electrons. The molecule has 1 saturated heterocycles. The van der Waals surface area contributed by atoms with Gasteiger partial charge >= 0.3 is 0 Å². The van der Waals surface area contributed by atoms with Crippen LogP contribution in [-0.2, 0) is 0 Å². The SMILES string of the molecule is CCN1CCCC1CN(C)C(CN)c1cc(Cl)cc(Cl)c1. The van der Waals surface area contributed by atoms with E-state index in [1.165, 1.54) is 19.4 Å². The maximum absolute atomic E-state index is 6.12. The number of rotatable bonds is 6. The number of nitrogens with zero attached hydrogens (tertiary/aromatic N) is 2. The Morgan fingerprint density at radius 1 is 1.33 bits per heavy atom. The van der Waals surface area contributed by atoms with Gasteiger partial charge < -0.3 is 5.73 Å². The van der Waals surface area contributed by atoms with E-state index in [1.54, 1.807) is 6.07 Å². The summed E-state index contributed by atoms with van der Waals surface area (Å²) < 4.78 is 0. The van der Waals surface area contributed by atoms with Gasteiger partial charge in [-0.15, -0.1) is 0 Å². The Bertz CT molecular complexity index is 447. The van der Waals surface area contributed by atoms with Crippen molar-refractivity contribution in [1.29, 1.82) is 0 Å². The molecule has 0 saturated carbocycles. The Balaban J connectivity index is 2.09. The molecule has 2 atom stereocenters. The molecule has 1 aliphatic heterocycles. The highest BCUT2D eigenvalue weighted by atomic mass is 35.5. The van der Waals surface area contributed by atoms with Crippen LogP contribution in [0.15, 0.2) is 18.2 Å². The highest BCUT2D eigenvalue weighted by Crippen LogP contribution is 2.27. The molecule has 2 unspecified atom stereocenters. The second kappa shape index (κ2) is 7.80. The van der Waals surface area contributed by atoms with Crippen LogP contribution in [0.4, 0.5) is 0 Å². The minimum absolute atomic E-state index is 0.153. The number of likely N-dealkylation sites (tertiary alicyclic amines) is 1. The fourth-order valence-electron chi connectivity index (χ4n) is 3.32. The molecule has 0 aliphatic carbocycles. The third kappa shape index (κ3) is 4.33. The number of hydrogen-bond acceptors (Lipinski definition) is 3. The molecule has 3 nitrogen and oxygen atoms in total. The normalized spacial score (nSPS) is 21.1. The number of likely N-dealkylation sites (N-methyl/N-ethyl adjacent to an activating group) is 2. The van der Waals surface area contributed by atoms with Crippen LogP contribution in [0.1, 0.15) is 31.4 Å². The zero-order valence-electron chi connectivity index (χ0n) is 12.9. The van der Waals surface area contributed by atoms with Gasteiger partial charge in [-0.3, -0.25) is 9.80 Å². The maximum Gasteiger partial charge on any atom is 0.0469 e. The molecule has 1 heterocycles. The first-order valence-electron chi connectivity index (χ1n) is 7.65. The van der Waals surface area contributed by atoms with Crippen molar-refractivity contribution < 1.29 is 0 Å². The van der Waals surface area contributed by atoms with Crippen molar-refractivity contribution in [3.05, 3.63) is 33.8 Å². The van der Waals surface area contributed by atoms with Crippen molar-refractivity contribution in [3.63, 3.8) is 0 Å². The summed E-state index contributed by atoms with van der Waals surface area (Å²) in [4.78, 5) is 4.88. The van der Waals surface area contributed by atoms with E-state index in [-0.39, 0.29) is 6.04 Å². The van der Waals surface area contributed by atoms with Crippen LogP contribution in [0.2, 0.25) is 10.0 Å². The molecule has 0 amide bonds. The first-order valence-corrected chi connectivity index (χ1v) is 8.41. The van der Waals surface area contributed by atoms with Crippen LogP contribution >= 0.6 is 23.2 Å². The third-order valence-electron chi connectivity index (χ3n) is 4.43. The highest BCUT2D eigenvalue weighted by Gasteiger charge is 2.26. The zero-order valence-corrected chi connectivity index (χ0v) is 14.4. The Hall–Kier alpha value is -0.320. The molecule has 2 N–H and O–H groups in total. The molecule has 1 fully saturated rings. The van der Waals surface area contributed by atoms with E-state index < -0.39 is 0 Å². The Kier molecular flexibility index (Phi) is 6.33. The first-order chi connectivity index (χ1) is 10.0. The molecule has 1 aromatic carbocycles. The predicted octanol–water partition coefficient (Wildman–Crippen LogP) is 3.41. The van der Waals surface area contributed by atoms with Crippen LogP contribution in [0.3, 0.4) is 0 Å². The van der Waals surface area contributed by atoms with E-state index in [9.17, 15) is 0 Å². The highest BCUT2D eigenvalue weighted by molar-refractivity contribution is 6.34. The van der Waals surface area contributed by atoms with E-state index in [0.29, 0.717) is 22.6 Å². The molecule has 0 spiro atoms. The largest absolute Gasteiger partial charge is 0.329 e. The molecule has 0 bridgehead atoms. The van der Waals surface area contributed by atoms with Crippen molar-refractivity contribution in [3.8, 4) is 0 Å². The van der Waals surface area contributed by atoms with Gasteiger partial charge in [0.25, 0.3) is 0 Å². The number of halogens is 2. The van der Waals surface area contributed by atoms with E-state index in [2.05, 4.69) is 23.8 Å². The second-order valence-electron chi connectivity index (χ2n) is 5.82. The Morgan fingerprint density at radius 3 is 2.57 bits per heavy atom. The Labute approximate surface area is 138 Å². The van der Waals surface area contributed by atoms with Crippen LogP contribution in [0.5, 0.6) is 0 Å². The predicted molar refractivity (Wildman–Crippen MR) is 91.2 cm³/mol. The van der Waals surface area contributed by atoms with Gasteiger partial charge in [-0.25, -0.2) is 0 Å². The first kappa shape index (κ1) is 17.0. The fraction of sp³-hybridized carbons (Fsp3) is 0.625. The van der Waals surface area contributed by atoms with Crippen LogP contribution in [0.25, 0.3) is 0 Å². The molecule has 1 aliphatic rings. The van der Waals surface area contributed by atoms with Gasteiger partial charge in [0.1, 0.15) is 0 Å². The maximum atomic E-state index is 6.12. The summed E-state index contributed by atoms with van der Waals surface area (Å²) in [5, 5.41) is 1.33. The summed E-state index contributed by atoms with van der Waals surface area (Å²) in [5.41, 5.74) is 7.10. The standard InChI is InChI=1S/C16H25Cl2N3/c1-3-21-6-4-5-15(21)11-20(2)16(10-19)12-7-13(17)9-14(18)8-12/h7-9,15-16H,3-6,10-11,19H2,1-2H3. The van der Waals surface area contributed by atoms with Gasteiger partial charge in [0.2, 0.25) is 0 Å². The fourth-order valence-corrected chi connectivity index (χ4v) is 3.86. The van der Waals surface area contributed by atoms with Crippen LogP contribution in [0, 0.1) is 0 Å². The average molecular weight is 330 g/mol.